The van der Waals surface area contributed by atoms with Crippen molar-refractivity contribution in [1.29, 1.82) is 0 Å². The van der Waals surface area contributed by atoms with Gasteiger partial charge in [-0.2, -0.15) is 0 Å². The number of ether oxygens (including phenoxy) is 1. The minimum atomic E-state index is -0.508. The molecule has 1 aromatic carbocycles. The Labute approximate surface area is 137 Å². The van der Waals surface area contributed by atoms with Gasteiger partial charge in [-0.15, -0.1) is 0 Å². The van der Waals surface area contributed by atoms with Crippen LogP contribution in [0, 0.1) is 13.8 Å². The molecular weight excluding hydrogens is 290 g/mol. The largest absolute Gasteiger partial charge is 0.491 e. The number of para-hydroxylation sites is 1. The molecule has 1 saturated carbocycles. The number of rotatable bonds is 8. The second-order valence-electron chi connectivity index (χ2n) is 6.40. The zero-order valence-electron chi connectivity index (χ0n) is 13.9. The summed E-state index contributed by atoms with van der Waals surface area (Å²) >= 11 is 0. The van der Waals surface area contributed by atoms with Crippen molar-refractivity contribution in [2.45, 2.75) is 45.4 Å². The Bertz CT molecular complexity index is 633. The molecule has 0 bridgehead atoms. The van der Waals surface area contributed by atoms with E-state index in [0.717, 1.165) is 29.4 Å². The number of benzene rings is 1. The molecule has 2 aromatic rings. The van der Waals surface area contributed by atoms with Crippen LogP contribution in [-0.4, -0.2) is 35.3 Å². The number of aryl methyl sites for hydroxylation is 2. The van der Waals surface area contributed by atoms with Gasteiger partial charge in [-0.25, -0.2) is 0 Å². The summed E-state index contributed by atoms with van der Waals surface area (Å²) in [7, 11) is 0. The van der Waals surface area contributed by atoms with Crippen LogP contribution in [0.1, 0.15) is 29.9 Å². The fourth-order valence-electron chi connectivity index (χ4n) is 2.78. The number of hydrogen-bond donors (Lipinski definition) is 1. The van der Waals surface area contributed by atoms with Crippen LogP contribution in [0.3, 0.4) is 0 Å². The van der Waals surface area contributed by atoms with Gasteiger partial charge in [-0.3, -0.25) is 4.90 Å². The molecule has 0 amide bonds. The molecule has 1 heterocycles. The highest BCUT2D eigenvalue weighted by molar-refractivity contribution is 5.31. The Morgan fingerprint density at radius 3 is 2.65 bits per heavy atom. The lowest BCUT2D eigenvalue weighted by molar-refractivity contribution is 0.0599. The van der Waals surface area contributed by atoms with Crippen molar-refractivity contribution in [1.82, 2.24) is 4.90 Å². The van der Waals surface area contributed by atoms with E-state index >= 15 is 0 Å². The van der Waals surface area contributed by atoms with Crippen LogP contribution in [0.4, 0.5) is 0 Å². The van der Waals surface area contributed by atoms with Gasteiger partial charge in [0.15, 0.2) is 0 Å². The number of hydrogen-bond acceptors (Lipinski definition) is 4. The molecule has 1 N–H and O–H groups in total. The highest BCUT2D eigenvalue weighted by atomic mass is 16.5. The molecule has 3 rings (SSSR count). The fourth-order valence-corrected chi connectivity index (χ4v) is 2.78. The van der Waals surface area contributed by atoms with E-state index in [9.17, 15) is 5.11 Å². The van der Waals surface area contributed by atoms with Crippen LogP contribution in [-0.2, 0) is 6.54 Å². The molecule has 1 aliphatic carbocycles. The topological polar surface area (TPSA) is 45.8 Å². The Hall–Kier alpha value is -1.78. The van der Waals surface area contributed by atoms with Crippen molar-refractivity contribution in [3.63, 3.8) is 0 Å². The third kappa shape index (κ3) is 4.60. The summed E-state index contributed by atoms with van der Waals surface area (Å²) in [6.45, 7) is 5.63. The number of aliphatic hydroxyl groups excluding tert-OH is 1. The van der Waals surface area contributed by atoms with Crippen molar-refractivity contribution in [3.8, 4) is 5.75 Å². The molecule has 1 fully saturated rings. The molecule has 4 heteroatoms. The van der Waals surface area contributed by atoms with E-state index in [1.54, 1.807) is 0 Å². The van der Waals surface area contributed by atoms with Gasteiger partial charge in [0.25, 0.3) is 0 Å². The standard InChI is InChI=1S/C19H25NO3/c1-14-5-3-4-6-19(14)22-13-17(21)11-20(16-8-9-16)12-18-10-7-15(2)23-18/h3-7,10,16-17,21H,8-9,11-13H2,1-2H3/t17-/m1/s1. The van der Waals surface area contributed by atoms with Gasteiger partial charge in [0, 0.05) is 12.6 Å². The van der Waals surface area contributed by atoms with E-state index < -0.39 is 6.10 Å². The first-order valence-electron chi connectivity index (χ1n) is 8.27. The van der Waals surface area contributed by atoms with E-state index in [4.69, 9.17) is 9.15 Å². The smallest absolute Gasteiger partial charge is 0.122 e. The quantitative estimate of drug-likeness (QED) is 0.812. The molecule has 124 valence electrons. The first-order chi connectivity index (χ1) is 11.1. The normalized spacial score (nSPS) is 15.8. The molecule has 0 unspecified atom stereocenters. The first-order valence-corrected chi connectivity index (χ1v) is 8.27. The summed E-state index contributed by atoms with van der Waals surface area (Å²) in [5.41, 5.74) is 1.09. The van der Waals surface area contributed by atoms with E-state index in [-0.39, 0.29) is 0 Å². The van der Waals surface area contributed by atoms with E-state index in [0.29, 0.717) is 19.2 Å². The Balaban J connectivity index is 1.52. The van der Waals surface area contributed by atoms with E-state index in [1.807, 2.05) is 50.2 Å². The Morgan fingerprint density at radius 1 is 1.22 bits per heavy atom. The molecule has 0 saturated heterocycles. The molecule has 0 radical (unpaired) electrons. The van der Waals surface area contributed by atoms with Gasteiger partial charge in [0.1, 0.15) is 30.0 Å². The maximum Gasteiger partial charge on any atom is 0.122 e. The van der Waals surface area contributed by atoms with Crippen molar-refractivity contribution in [3.05, 3.63) is 53.5 Å². The molecule has 23 heavy (non-hydrogen) atoms. The van der Waals surface area contributed by atoms with Crippen LogP contribution in [0.5, 0.6) is 5.75 Å². The number of furan rings is 1. The lowest BCUT2D eigenvalue weighted by Gasteiger charge is -2.24. The SMILES string of the molecule is Cc1ccc(CN(C[C@@H](O)COc2ccccc2C)C2CC2)o1. The zero-order chi connectivity index (χ0) is 16.2. The molecular formula is C19H25NO3. The first kappa shape index (κ1) is 16.1. The highest BCUT2D eigenvalue weighted by Gasteiger charge is 2.31. The van der Waals surface area contributed by atoms with Gasteiger partial charge in [-0.05, 0) is 50.5 Å². The van der Waals surface area contributed by atoms with Gasteiger partial charge < -0.3 is 14.3 Å². The fraction of sp³-hybridized carbons (Fsp3) is 0.474. The minimum Gasteiger partial charge on any atom is -0.491 e. The second-order valence-corrected chi connectivity index (χ2v) is 6.40. The van der Waals surface area contributed by atoms with Gasteiger partial charge in [0.05, 0.1) is 6.54 Å². The third-order valence-electron chi connectivity index (χ3n) is 4.19. The summed E-state index contributed by atoms with van der Waals surface area (Å²) in [5.74, 6) is 2.73. The van der Waals surface area contributed by atoms with E-state index in [1.165, 1.54) is 12.8 Å². The second kappa shape index (κ2) is 7.20. The minimum absolute atomic E-state index is 0.311. The molecule has 1 aromatic heterocycles. The van der Waals surface area contributed by atoms with Crippen LogP contribution in [0.2, 0.25) is 0 Å². The number of nitrogens with zero attached hydrogens (tertiary/aromatic N) is 1. The summed E-state index contributed by atoms with van der Waals surface area (Å²) in [6.07, 6.45) is 1.89. The van der Waals surface area contributed by atoms with Gasteiger partial charge in [-0.1, -0.05) is 18.2 Å². The summed E-state index contributed by atoms with van der Waals surface area (Å²) in [4.78, 5) is 2.30. The zero-order valence-corrected chi connectivity index (χ0v) is 13.9. The lowest BCUT2D eigenvalue weighted by Crippen LogP contribution is -2.36. The van der Waals surface area contributed by atoms with Gasteiger partial charge >= 0.3 is 0 Å². The summed E-state index contributed by atoms with van der Waals surface area (Å²) in [6, 6.07) is 12.4. The van der Waals surface area contributed by atoms with Crippen LogP contribution >= 0.6 is 0 Å². The Morgan fingerprint density at radius 2 is 2.00 bits per heavy atom. The molecule has 4 nitrogen and oxygen atoms in total. The van der Waals surface area contributed by atoms with Crippen molar-refractivity contribution >= 4 is 0 Å². The van der Waals surface area contributed by atoms with Crippen LogP contribution in [0.15, 0.2) is 40.8 Å². The van der Waals surface area contributed by atoms with Crippen molar-refractivity contribution in [2.24, 2.45) is 0 Å². The van der Waals surface area contributed by atoms with Gasteiger partial charge in [0.2, 0.25) is 0 Å². The predicted octanol–water partition coefficient (Wildman–Crippen LogP) is 3.30. The predicted molar refractivity (Wildman–Crippen MR) is 89.6 cm³/mol. The van der Waals surface area contributed by atoms with Crippen LogP contribution < -0.4 is 4.74 Å². The lowest BCUT2D eigenvalue weighted by atomic mass is 10.2. The third-order valence-corrected chi connectivity index (χ3v) is 4.19. The average Bonchev–Trinajstić information content (AvgIpc) is 3.29. The van der Waals surface area contributed by atoms with E-state index in [2.05, 4.69) is 4.90 Å². The molecule has 1 atom stereocenters. The highest BCUT2D eigenvalue weighted by Crippen LogP contribution is 2.29. The molecule has 0 spiro atoms. The van der Waals surface area contributed by atoms with Crippen molar-refractivity contribution in [2.75, 3.05) is 13.2 Å². The summed E-state index contributed by atoms with van der Waals surface area (Å²) < 4.78 is 11.4. The summed E-state index contributed by atoms with van der Waals surface area (Å²) in [5, 5.41) is 10.3. The monoisotopic (exact) mass is 315 g/mol. The Kier molecular flexibility index (Phi) is 5.03. The maximum atomic E-state index is 10.3. The molecule has 1 aliphatic rings. The maximum absolute atomic E-state index is 10.3. The number of aliphatic hydroxyl groups is 1. The average molecular weight is 315 g/mol. The van der Waals surface area contributed by atoms with Crippen LogP contribution in [0.25, 0.3) is 0 Å². The van der Waals surface area contributed by atoms with Crippen molar-refractivity contribution < 1.29 is 14.3 Å². The molecule has 0 aliphatic heterocycles.